The lowest BCUT2D eigenvalue weighted by Crippen LogP contribution is -2.54. The molecule has 0 atom stereocenters. The molecule has 4 heterocycles. The molecule has 104 valence electrons. The minimum Gasteiger partial charge on any atom is -0.236 e. The minimum absolute atomic E-state index is 0.0206. The summed E-state index contributed by atoms with van der Waals surface area (Å²) in [6.45, 7) is 4.51. The zero-order valence-corrected chi connectivity index (χ0v) is 12.4. The van der Waals surface area contributed by atoms with E-state index in [1.54, 1.807) is 0 Å². The number of allylic oxidation sites excluding steroid dienone is 1. The van der Waals surface area contributed by atoms with Gasteiger partial charge in [0.1, 0.15) is 0 Å². The van der Waals surface area contributed by atoms with E-state index >= 15 is 0 Å². The van der Waals surface area contributed by atoms with Crippen molar-refractivity contribution in [3.8, 4) is 0 Å². The molecule has 0 spiro atoms. The number of nitrogens with zero attached hydrogens (tertiary/aromatic N) is 3. The molecule has 0 fully saturated rings. The van der Waals surface area contributed by atoms with Crippen LogP contribution in [0, 0.1) is 0 Å². The van der Waals surface area contributed by atoms with E-state index in [1.807, 2.05) is 12.4 Å². The number of hydrogen-bond donors (Lipinski definition) is 0. The fraction of sp³-hybridized carbons (Fsp3) is 0.278. The van der Waals surface area contributed by atoms with Crippen LogP contribution in [0.3, 0.4) is 0 Å². The van der Waals surface area contributed by atoms with Crippen LogP contribution in [0.5, 0.6) is 0 Å². The molecule has 0 saturated carbocycles. The van der Waals surface area contributed by atoms with Crippen LogP contribution in [0.1, 0.15) is 32.3 Å². The van der Waals surface area contributed by atoms with Gasteiger partial charge >= 0.3 is 0 Å². The van der Waals surface area contributed by atoms with E-state index in [0.29, 0.717) is 0 Å². The lowest BCUT2D eigenvalue weighted by Gasteiger charge is -2.22. The second kappa shape index (κ2) is 4.35. The van der Waals surface area contributed by atoms with E-state index in [9.17, 15) is 0 Å². The average molecular weight is 276 g/mol. The number of hydrogen-bond acceptors (Lipinski definition) is 2. The predicted molar refractivity (Wildman–Crippen MR) is 84.8 cm³/mol. The van der Waals surface area contributed by atoms with Crippen molar-refractivity contribution in [2.75, 3.05) is 0 Å². The van der Waals surface area contributed by atoms with Crippen LogP contribution < -0.4 is 4.57 Å². The van der Waals surface area contributed by atoms with Crippen molar-refractivity contribution < 1.29 is 4.57 Å². The summed E-state index contributed by atoms with van der Waals surface area (Å²) in [6, 6.07) is 6.33. The van der Waals surface area contributed by atoms with Gasteiger partial charge in [0.05, 0.1) is 10.8 Å². The Hall–Kier alpha value is -2.29. The summed E-state index contributed by atoms with van der Waals surface area (Å²) in [7, 11) is 0. The Labute approximate surface area is 124 Å². The van der Waals surface area contributed by atoms with Crippen molar-refractivity contribution in [1.29, 1.82) is 0 Å². The van der Waals surface area contributed by atoms with Crippen LogP contribution in [0.15, 0.2) is 42.9 Å². The second-order valence-electron chi connectivity index (χ2n) is 5.68. The summed E-state index contributed by atoms with van der Waals surface area (Å²) in [5.74, 6) is 0. The summed E-state index contributed by atoms with van der Waals surface area (Å²) in [6.07, 6.45) is 12.7. The van der Waals surface area contributed by atoms with E-state index in [2.05, 4.69) is 64.9 Å². The summed E-state index contributed by atoms with van der Waals surface area (Å²) < 4.78 is 2.42. The van der Waals surface area contributed by atoms with Gasteiger partial charge in [-0.2, -0.15) is 4.57 Å². The van der Waals surface area contributed by atoms with Gasteiger partial charge in [-0.25, -0.2) is 9.97 Å². The first-order chi connectivity index (χ1) is 10.3. The van der Waals surface area contributed by atoms with E-state index < -0.39 is 0 Å². The third-order valence-corrected chi connectivity index (χ3v) is 4.83. The molecule has 4 rings (SSSR count). The van der Waals surface area contributed by atoms with Gasteiger partial charge in [-0.15, -0.1) is 0 Å². The van der Waals surface area contributed by atoms with Gasteiger partial charge in [-0.1, -0.05) is 19.9 Å². The molecule has 1 aliphatic heterocycles. The van der Waals surface area contributed by atoms with Crippen molar-refractivity contribution in [2.45, 2.75) is 32.2 Å². The molecule has 3 nitrogen and oxygen atoms in total. The van der Waals surface area contributed by atoms with Crippen molar-refractivity contribution >= 4 is 28.0 Å². The Morgan fingerprint density at radius 2 is 2.00 bits per heavy atom. The van der Waals surface area contributed by atoms with Crippen LogP contribution in [0.2, 0.25) is 0 Å². The van der Waals surface area contributed by atoms with Crippen LogP contribution in [0.25, 0.3) is 28.0 Å². The quantitative estimate of drug-likeness (QED) is 0.528. The summed E-state index contributed by atoms with van der Waals surface area (Å²) in [5.41, 5.74) is 3.31. The van der Waals surface area contributed by atoms with Crippen molar-refractivity contribution in [1.82, 2.24) is 9.97 Å². The SMILES string of the molecule is CCC1(CC)C=Cc2ccnc3ncc4ccc[n+]1c4c23. The van der Waals surface area contributed by atoms with E-state index in [-0.39, 0.29) is 5.54 Å². The number of pyridine rings is 3. The Bertz CT molecular complexity index is 876. The molecule has 0 aliphatic carbocycles. The van der Waals surface area contributed by atoms with Crippen molar-refractivity contribution in [3.63, 3.8) is 0 Å². The Morgan fingerprint density at radius 1 is 1.14 bits per heavy atom. The maximum absolute atomic E-state index is 4.53. The van der Waals surface area contributed by atoms with Gasteiger partial charge in [0.2, 0.25) is 5.52 Å². The standard InChI is InChI=1S/C18H18N3/c1-3-18(4-2)9-7-13-8-10-19-17-15(13)16-14(12-20-17)6-5-11-21(16)18/h5-12H,3-4H2,1-2H3/q+1. The van der Waals surface area contributed by atoms with Crippen LogP contribution in [-0.2, 0) is 5.54 Å². The normalized spacial score (nSPS) is 15.7. The van der Waals surface area contributed by atoms with Gasteiger partial charge in [0.15, 0.2) is 17.4 Å². The zero-order valence-electron chi connectivity index (χ0n) is 12.4. The smallest absolute Gasteiger partial charge is 0.226 e. The number of rotatable bonds is 2. The molecule has 0 amide bonds. The van der Waals surface area contributed by atoms with Crippen molar-refractivity contribution in [3.05, 3.63) is 48.4 Å². The molecule has 1 aliphatic rings. The first kappa shape index (κ1) is 12.5. The van der Waals surface area contributed by atoms with Gasteiger partial charge in [-0.3, -0.25) is 0 Å². The van der Waals surface area contributed by atoms with Crippen molar-refractivity contribution in [2.24, 2.45) is 0 Å². The first-order valence-corrected chi connectivity index (χ1v) is 7.57. The molecule has 0 unspecified atom stereocenters. The van der Waals surface area contributed by atoms with Gasteiger partial charge in [-0.05, 0) is 23.8 Å². The highest BCUT2D eigenvalue weighted by atomic mass is 15.0. The van der Waals surface area contributed by atoms with Crippen LogP contribution in [-0.4, -0.2) is 9.97 Å². The van der Waals surface area contributed by atoms with Gasteiger partial charge in [0.25, 0.3) is 0 Å². The van der Waals surface area contributed by atoms with Gasteiger partial charge < -0.3 is 0 Å². The fourth-order valence-electron chi connectivity index (χ4n) is 3.49. The molecule has 3 aromatic heterocycles. The maximum Gasteiger partial charge on any atom is 0.226 e. The Kier molecular flexibility index (Phi) is 2.58. The molecule has 3 heteroatoms. The molecular formula is C18H18N3+. The largest absolute Gasteiger partial charge is 0.236 e. The lowest BCUT2D eigenvalue weighted by molar-refractivity contribution is -0.729. The maximum atomic E-state index is 4.53. The topological polar surface area (TPSA) is 29.7 Å². The third-order valence-electron chi connectivity index (χ3n) is 4.83. The van der Waals surface area contributed by atoms with E-state index in [0.717, 1.165) is 23.9 Å². The predicted octanol–water partition coefficient (Wildman–Crippen LogP) is 3.61. The summed E-state index contributed by atoms with van der Waals surface area (Å²) in [5, 5.41) is 2.34. The molecule has 0 N–H and O–H groups in total. The monoisotopic (exact) mass is 276 g/mol. The lowest BCUT2D eigenvalue weighted by atomic mass is 9.91. The first-order valence-electron chi connectivity index (χ1n) is 7.57. The highest BCUT2D eigenvalue weighted by Gasteiger charge is 2.37. The molecule has 21 heavy (non-hydrogen) atoms. The highest BCUT2D eigenvalue weighted by Crippen LogP contribution is 2.32. The zero-order chi connectivity index (χ0) is 14.4. The minimum atomic E-state index is 0.0206. The van der Waals surface area contributed by atoms with Crippen LogP contribution in [0.4, 0.5) is 0 Å². The third kappa shape index (κ3) is 1.57. The van der Waals surface area contributed by atoms with Gasteiger partial charge in [0, 0.05) is 31.3 Å². The number of aromatic nitrogens is 3. The Morgan fingerprint density at radius 3 is 2.81 bits per heavy atom. The van der Waals surface area contributed by atoms with Crippen LogP contribution >= 0.6 is 0 Å². The molecule has 0 aromatic carbocycles. The summed E-state index contributed by atoms with van der Waals surface area (Å²) >= 11 is 0. The Balaban J connectivity index is 2.29. The average Bonchev–Trinajstić information content (AvgIpc) is 2.69. The molecule has 0 saturated heterocycles. The highest BCUT2D eigenvalue weighted by molar-refractivity contribution is 6.04. The van der Waals surface area contributed by atoms with E-state index in [4.69, 9.17) is 0 Å². The summed E-state index contributed by atoms with van der Waals surface area (Å²) in [4.78, 5) is 8.98. The fourth-order valence-corrected chi connectivity index (χ4v) is 3.49. The van der Waals surface area contributed by atoms with E-state index in [1.165, 1.54) is 16.5 Å². The molecule has 0 radical (unpaired) electrons. The molecular weight excluding hydrogens is 258 g/mol. The second-order valence-corrected chi connectivity index (χ2v) is 5.68. The molecule has 0 bridgehead atoms. The molecule has 3 aromatic rings.